The average Bonchev–Trinajstić information content (AvgIpc) is 3.37. The molecule has 6 nitrogen and oxygen atoms in total. The van der Waals surface area contributed by atoms with Gasteiger partial charge in [-0.05, 0) is 135 Å². The molecule has 0 saturated carbocycles. The van der Waals surface area contributed by atoms with E-state index in [-0.39, 0.29) is 44.0 Å². The molecule has 71 heavy (non-hydrogen) atoms. The van der Waals surface area contributed by atoms with E-state index < -0.39 is 6.10 Å². The van der Waals surface area contributed by atoms with Crippen LogP contribution < -0.4 is 0 Å². The normalized spacial score (nSPS) is 13.5. The van der Waals surface area contributed by atoms with Gasteiger partial charge in [-0.1, -0.05) is 217 Å². The summed E-state index contributed by atoms with van der Waals surface area (Å²) in [6.07, 6.45) is 84.9. The molecule has 0 aromatic rings. The van der Waals surface area contributed by atoms with Crippen molar-refractivity contribution in [1.29, 1.82) is 0 Å². The zero-order chi connectivity index (χ0) is 51.4. The van der Waals surface area contributed by atoms with E-state index in [2.05, 4.69) is 179 Å². The maximum atomic E-state index is 12.8. The standard InChI is InChI=1S/C65H98O6/c1-4-7-10-13-16-19-22-25-28-30-32-34-37-39-42-45-48-51-54-57-63(66)69-60-62(71-65(68)59-56-53-50-47-44-41-36-27-24-21-18-15-12-9-6-3)61-70-64(67)58-55-52-49-46-43-40-38-35-33-31-29-26-23-20-17-14-11-8-5-2/h7-12,16-21,25-29,32-36,39-40,42-43,48,51,62H,4-6,13-15,22-24,30-31,37-38,41,44-47,49-50,52-61H2,1-3H3/b10-7-,11-8-,12-9-,19-16-,20-17-,21-18-,28-25-,29-26-,34-32-,35-33-,36-27-,42-39-,43-40-,51-48-/t62-/m1/s1. The molecule has 0 aromatic heterocycles. The first-order valence-corrected chi connectivity index (χ1v) is 27.6. The number of hydrogen-bond donors (Lipinski definition) is 0. The Balaban J connectivity index is 4.62. The third-order valence-electron chi connectivity index (χ3n) is 10.7. The second-order valence-electron chi connectivity index (χ2n) is 17.3. The molecule has 0 unspecified atom stereocenters. The van der Waals surface area contributed by atoms with Gasteiger partial charge < -0.3 is 14.2 Å². The number of unbranched alkanes of at least 4 members (excludes halogenated alkanes) is 8. The van der Waals surface area contributed by atoms with Gasteiger partial charge in [-0.2, -0.15) is 0 Å². The van der Waals surface area contributed by atoms with Crippen molar-refractivity contribution >= 4 is 17.9 Å². The summed E-state index contributed by atoms with van der Waals surface area (Å²) in [5.74, 6) is -1.08. The van der Waals surface area contributed by atoms with Crippen LogP contribution in [0.3, 0.4) is 0 Å². The van der Waals surface area contributed by atoms with Crippen molar-refractivity contribution < 1.29 is 28.6 Å². The van der Waals surface area contributed by atoms with Crippen LogP contribution in [0.15, 0.2) is 170 Å². The van der Waals surface area contributed by atoms with Gasteiger partial charge in [0.2, 0.25) is 0 Å². The van der Waals surface area contributed by atoms with E-state index >= 15 is 0 Å². The van der Waals surface area contributed by atoms with Crippen molar-refractivity contribution in [3.8, 4) is 0 Å². The molecule has 0 saturated heterocycles. The molecule has 394 valence electrons. The maximum absolute atomic E-state index is 12.8. The fourth-order valence-electron chi connectivity index (χ4n) is 6.68. The highest BCUT2D eigenvalue weighted by molar-refractivity contribution is 5.71. The van der Waals surface area contributed by atoms with E-state index in [1.807, 2.05) is 12.2 Å². The molecule has 0 aromatic carbocycles. The van der Waals surface area contributed by atoms with Gasteiger partial charge >= 0.3 is 17.9 Å². The molecular weight excluding hydrogens is 877 g/mol. The Morgan fingerprint density at radius 1 is 0.282 bits per heavy atom. The lowest BCUT2D eigenvalue weighted by atomic mass is 10.1. The molecule has 0 aliphatic carbocycles. The van der Waals surface area contributed by atoms with Crippen LogP contribution in [0.4, 0.5) is 0 Å². The smallest absolute Gasteiger partial charge is 0.306 e. The van der Waals surface area contributed by atoms with Gasteiger partial charge in [0.1, 0.15) is 13.2 Å². The Hall–Kier alpha value is -5.23. The lowest BCUT2D eigenvalue weighted by molar-refractivity contribution is -0.166. The number of carbonyl (C=O) groups is 3. The predicted molar refractivity (Wildman–Crippen MR) is 306 cm³/mol. The first-order chi connectivity index (χ1) is 35.0. The third kappa shape index (κ3) is 55.6. The van der Waals surface area contributed by atoms with E-state index in [9.17, 15) is 14.4 Å². The fourth-order valence-corrected chi connectivity index (χ4v) is 6.68. The Kier molecular flexibility index (Phi) is 53.1. The minimum Gasteiger partial charge on any atom is -0.462 e. The van der Waals surface area contributed by atoms with E-state index in [1.54, 1.807) is 0 Å². The van der Waals surface area contributed by atoms with Gasteiger partial charge in [-0.25, -0.2) is 0 Å². The molecule has 0 heterocycles. The van der Waals surface area contributed by atoms with Gasteiger partial charge in [-0.15, -0.1) is 0 Å². The fraction of sp³-hybridized carbons (Fsp3) is 0.523. The Labute approximate surface area is 434 Å². The minimum atomic E-state index is -0.842. The Bertz CT molecular complexity index is 1690. The largest absolute Gasteiger partial charge is 0.462 e. The van der Waals surface area contributed by atoms with Crippen LogP contribution in [0, 0.1) is 0 Å². The SMILES string of the molecule is CC/C=C\C/C=C\C/C=C\C/C=C\C/C=C\C/C=C\CCC(=O)OC[C@H](COC(=O)CCCCC/C=C\C/C=C\C/C=C\C/C=C\C/C=C\CC)OC(=O)CCCCCCC/C=C\C/C=C\C/C=C\CC. The summed E-state index contributed by atoms with van der Waals surface area (Å²) >= 11 is 0. The van der Waals surface area contributed by atoms with Crippen molar-refractivity contribution in [3.05, 3.63) is 170 Å². The molecule has 0 N–H and O–H groups in total. The highest BCUT2D eigenvalue weighted by Crippen LogP contribution is 2.11. The topological polar surface area (TPSA) is 78.9 Å². The van der Waals surface area contributed by atoms with Crippen molar-refractivity contribution in [2.24, 2.45) is 0 Å². The molecule has 1 atom stereocenters. The van der Waals surface area contributed by atoms with Crippen LogP contribution in [0.2, 0.25) is 0 Å². The molecule has 0 spiro atoms. The highest BCUT2D eigenvalue weighted by Gasteiger charge is 2.19. The lowest BCUT2D eigenvalue weighted by Gasteiger charge is -2.18. The summed E-state index contributed by atoms with van der Waals surface area (Å²) in [5.41, 5.74) is 0. The number of carbonyl (C=O) groups excluding carboxylic acids is 3. The number of rotatable bonds is 47. The molecule has 0 bridgehead atoms. The molecule has 0 aliphatic rings. The summed E-state index contributed by atoms with van der Waals surface area (Å²) in [6, 6.07) is 0. The van der Waals surface area contributed by atoms with E-state index in [0.29, 0.717) is 12.8 Å². The zero-order valence-corrected chi connectivity index (χ0v) is 44.9. The van der Waals surface area contributed by atoms with Gasteiger partial charge in [0.25, 0.3) is 0 Å². The van der Waals surface area contributed by atoms with Crippen molar-refractivity contribution in [1.82, 2.24) is 0 Å². The van der Waals surface area contributed by atoms with E-state index in [4.69, 9.17) is 14.2 Å². The molecule has 0 radical (unpaired) electrons. The summed E-state index contributed by atoms with van der Waals surface area (Å²) in [4.78, 5) is 38.1. The van der Waals surface area contributed by atoms with Crippen LogP contribution in [-0.4, -0.2) is 37.2 Å². The molecular formula is C65H98O6. The molecule has 0 rings (SSSR count). The summed E-state index contributed by atoms with van der Waals surface area (Å²) in [6.45, 7) is 6.16. The van der Waals surface area contributed by atoms with Crippen molar-refractivity contribution in [2.45, 2.75) is 207 Å². The molecule has 0 amide bonds. The zero-order valence-electron chi connectivity index (χ0n) is 44.9. The number of ether oxygens (including phenoxy) is 3. The number of esters is 3. The number of allylic oxidation sites excluding steroid dienone is 28. The van der Waals surface area contributed by atoms with E-state index in [0.717, 1.165) is 154 Å². The third-order valence-corrected chi connectivity index (χ3v) is 10.7. The minimum absolute atomic E-state index is 0.135. The second-order valence-corrected chi connectivity index (χ2v) is 17.3. The summed E-state index contributed by atoms with van der Waals surface area (Å²) in [5, 5.41) is 0. The lowest BCUT2D eigenvalue weighted by Crippen LogP contribution is -2.30. The Morgan fingerprint density at radius 2 is 0.535 bits per heavy atom. The van der Waals surface area contributed by atoms with Crippen LogP contribution >= 0.6 is 0 Å². The second kappa shape index (κ2) is 57.3. The van der Waals surface area contributed by atoms with Crippen molar-refractivity contribution in [3.63, 3.8) is 0 Å². The quantitative estimate of drug-likeness (QED) is 0.0262. The van der Waals surface area contributed by atoms with Gasteiger partial charge in [0, 0.05) is 19.3 Å². The average molecular weight is 975 g/mol. The molecule has 0 aliphatic heterocycles. The van der Waals surface area contributed by atoms with Gasteiger partial charge in [-0.3, -0.25) is 14.4 Å². The van der Waals surface area contributed by atoms with Crippen LogP contribution in [0.5, 0.6) is 0 Å². The summed E-state index contributed by atoms with van der Waals surface area (Å²) < 4.78 is 16.7. The maximum Gasteiger partial charge on any atom is 0.306 e. The Morgan fingerprint density at radius 3 is 0.887 bits per heavy atom. The first-order valence-electron chi connectivity index (χ1n) is 27.6. The van der Waals surface area contributed by atoms with Crippen LogP contribution in [-0.2, 0) is 28.6 Å². The molecule has 0 fully saturated rings. The first kappa shape index (κ1) is 65.8. The predicted octanol–water partition coefficient (Wildman–Crippen LogP) is 18.8. The number of hydrogen-bond acceptors (Lipinski definition) is 6. The monoisotopic (exact) mass is 975 g/mol. The summed E-state index contributed by atoms with van der Waals surface area (Å²) in [7, 11) is 0. The highest BCUT2D eigenvalue weighted by atomic mass is 16.6. The van der Waals surface area contributed by atoms with Gasteiger partial charge in [0.15, 0.2) is 6.10 Å². The molecule has 6 heteroatoms. The van der Waals surface area contributed by atoms with E-state index in [1.165, 1.54) is 0 Å². The van der Waals surface area contributed by atoms with Crippen molar-refractivity contribution in [2.75, 3.05) is 13.2 Å². The van der Waals surface area contributed by atoms with Crippen LogP contribution in [0.1, 0.15) is 201 Å². The van der Waals surface area contributed by atoms with Crippen LogP contribution in [0.25, 0.3) is 0 Å². The van der Waals surface area contributed by atoms with Gasteiger partial charge in [0.05, 0.1) is 0 Å².